The van der Waals surface area contributed by atoms with Crippen LogP contribution in [0, 0.1) is 0 Å². The topological polar surface area (TPSA) is 66.4 Å². The normalized spacial score (nSPS) is 12.2. The molecule has 0 aliphatic rings. The maximum atomic E-state index is 4.47. The highest BCUT2D eigenvalue weighted by Gasteiger charge is 2.13. The standard InChI is InChI=1S/C24H42N10/c1-28(19-22-25-7-10-31(22)4)13-16-34(17-14-29(2)20-23-26-8-11-32(23)5)18-15-30(3)21-24-27-9-12-33(24)6/h7-12H,13-21H2,1-6H3. The molecule has 10 nitrogen and oxygen atoms in total. The number of likely N-dealkylation sites (N-methyl/N-ethyl adjacent to an activating group) is 3. The Morgan fingerprint density at radius 1 is 0.529 bits per heavy atom. The second-order valence-electron chi connectivity index (χ2n) is 9.42. The quantitative estimate of drug-likeness (QED) is 0.327. The maximum absolute atomic E-state index is 4.47. The van der Waals surface area contributed by atoms with E-state index in [0.717, 1.165) is 76.4 Å². The second kappa shape index (κ2) is 12.8. The molecule has 10 heteroatoms. The summed E-state index contributed by atoms with van der Waals surface area (Å²) in [6, 6.07) is 0. The van der Waals surface area contributed by atoms with Crippen LogP contribution in [0.2, 0.25) is 0 Å². The number of hydrogen-bond donors (Lipinski definition) is 0. The van der Waals surface area contributed by atoms with E-state index in [2.05, 4.69) is 90.5 Å². The summed E-state index contributed by atoms with van der Waals surface area (Å²) in [6.45, 7) is 8.63. The van der Waals surface area contributed by atoms with Crippen molar-refractivity contribution in [3.63, 3.8) is 0 Å². The maximum Gasteiger partial charge on any atom is 0.122 e. The number of imidazole rings is 3. The highest BCUT2D eigenvalue weighted by Crippen LogP contribution is 2.04. The molecule has 34 heavy (non-hydrogen) atoms. The second-order valence-corrected chi connectivity index (χ2v) is 9.42. The number of rotatable bonds is 15. The Morgan fingerprint density at radius 3 is 1.06 bits per heavy atom. The SMILES string of the molecule is CN(CCN(CCN(C)Cc1nccn1C)CCN(C)Cc1nccn1C)Cc1nccn1C. The lowest BCUT2D eigenvalue weighted by Crippen LogP contribution is -2.41. The smallest absolute Gasteiger partial charge is 0.122 e. The van der Waals surface area contributed by atoms with Crippen LogP contribution in [0.5, 0.6) is 0 Å². The Balaban J connectivity index is 1.50. The van der Waals surface area contributed by atoms with E-state index in [1.54, 1.807) is 0 Å². The molecule has 0 aliphatic heterocycles. The van der Waals surface area contributed by atoms with Gasteiger partial charge < -0.3 is 13.7 Å². The fourth-order valence-corrected chi connectivity index (χ4v) is 3.88. The van der Waals surface area contributed by atoms with E-state index in [1.807, 2.05) is 37.2 Å². The third-order valence-electron chi connectivity index (χ3n) is 6.39. The van der Waals surface area contributed by atoms with Crippen molar-refractivity contribution in [2.75, 3.05) is 60.4 Å². The van der Waals surface area contributed by atoms with Crippen LogP contribution in [0.4, 0.5) is 0 Å². The summed E-state index contributed by atoms with van der Waals surface area (Å²) in [5, 5.41) is 0. The van der Waals surface area contributed by atoms with Crippen LogP contribution < -0.4 is 0 Å². The monoisotopic (exact) mass is 470 g/mol. The molecule has 0 saturated carbocycles. The Kier molecular flexibility index (Phi) is 9.82. The van der Waals surface area contributed by atoms with Gasteiger partial charge in [-0.25, -0.2) is 15.0 Å². The van der Waals surface area contributed by atoms with Gasteiger partial charge in [0, 0.05) is 97.6 Å². The van der Waals surface area contributed by atoms with Gasteiger partial charge in [0.15, 0.2) is 0 Å². The van der Waals surface area contributed by atoms with Gasteiger partial charge in [0.1, 0.15) is 17.5 Å². The number of aryl methyl sites for hydroxylation is 3. The van der Waals surface area contributed by atoms with E-state index >= 15 is 0 Å². The van der Waals surface area contributed by atoms with Crippen molar-refractivity contribution in [2.24, 2.45) is 21.1 Å². The minimum Gasteiger partial charge on any atom is -0.337 e. The first kappa shape index (κ1) is 26.1. The van der Waals surface area contributed by atoms with Crippen molar-refractivity contribution in [3.05, 3.63) is 54.7 Å². The van der Waals surface area contributed by atoms with Crippen molar-refractivity contribution in [3.8, 4) is 0 Å². The lowest BCUT2D eigenvalue weighted by Gasteiger charge is -2.29. The average molecular weight is 471 g/mol. The zero-order valence-electron chi connectivity index (χ0n) is 21.8. The van der Waals surface area contributed by atoms with Crippen LogP contribution in [0.1, 0.15) is 17.5 Å². The third-order valence-corrected chi connectivity index (χ3v) is 6.39. The molecule has 0 amide bonds. The first-order valence-corrected chi connectivity index (χ1v) is 12.0. The Hall–Kier alpha value is -2.53. The van der Waals surface area contributed by atoms with Gasteiger partial charge in [0.25, 0.3) is 0 Å². The van der Waals surface area contributed by atoms with E-state index in [9.17, 15) is 0 Å². The van der Waals surface area contributed by atoms with Crippen molar-refractivity contribution >= 4 is 0 Å². The predicted molar refractivity (Wildman–Crippen MR) is 135 cm³/mol. The fourth-order valence-electron chi connectivity index (χ4n) is 3.88. The molecule has 3 aromatic rings. The highest BCUT2D eigenvalue weighted by molar-refractivity contribution is 4.92. The first-order chi connectivity index (χ1) is 16.3. The lowest BCUT2D eigenvalue weighted by atomic mass is 10.3. The van der Waals surface area contributed by atoms with E-state index in [0.29, 0.717) is 0 Å². The molecule has 0 spiro atoms. The zero-order valence-corrected chi connectivity index (χ0v) is 21.8. The first-order valence-electron chi connectivity index (χ1n) is 12.0. The van der Waals surface area contributed by atoms with E-state index < -0.39 is 0 Å². The van der Waals surface area contributed by atoms with Gasteiger partial charge in [-0.2, -0.15) is 0 Å². The fraction of sp³-hybridized carbons (Fsp3) is 0.625. The van der Waals surface area contributed by atoms with Crippen LogP contribution >= 0.6 is 0 Å². The molecule has 0 atom stereocenters. The van der Waals surface area contributed by atoms with E-state index in [-0.39, 0.29) is 0 Å². The molecule has 0 radical (unpaired) electrons. The number of nitrogens with zero attached hydrogens (tertiary/aromatic N) is 10. The molecule has 188 valence electrons. The molecule has 3 rings (SSSR count). The molecule has 0 saturated heterocycles. The molecule has 0 unspecified atom stereocenters. The minimum atomic E-state index is 0.857. The van der Waals surface area contributed by atoms with Crippen LogP contribution in [-0.4, -0.2) is 109 Å². The van der Waals surface area contributed by atoms with Gasteiger partial charge in [0.05, 0.1) is 19.6 Å². The summed E-state index contributed by atoms with van der Waals surface area (Å²) in [5.74, 6) is 3.29. The molecule has 0 aromatic carbocycles. The summed E-state index contributed by atoms with van der Waals surface area (Å²) >= 11 is 0. The Bertz CT molecular complexity index is 850. The molecule has 0 fully saturated rings. The zero-order chi connectivity index (χ0) is 24.5. The van der Waals surface area contributed by atoms with Crippen molar-refractivity contribution in [1.82, 2.24) is 48.3 Å². The summed E-state index contributed by atoms with van der Waals surface area (Å²) in [6.07, 6.45) is 11.6. The number of aromatic nitrogens is 6. The van der Waals surface area contributed by atoms with Gasteiger partial charge in [0.2, 0.25) is 0 Å². The van der Waals surface area contributed by atoms with Crippen molar-refractivity contribution in [2.45, 2.75) is 19.6 Å². The van der Waals surface area contributed by atoms with E-state index in [4.69, 9.17) is 0 Å². The molecular weight excluding hydrogens is 428 g/mol. The minimum absolute atomic E-state index is 0.857. The van der Waals surface area contributed by atoms with Crippen molar-refractivity contribution in [1.29, 1.82) is 0 Å². The Labute approximate surface area is 204 Å². The predicted octanol–water partition coefficient (Wildman–Crippen LogP) is 0.885. The summed E-state index contributed by atoms with van der Waals surface area (Å²) in [5.41, 5.74) is 0. The summed E-state index contributed by atoms with van der Waals surface area (Å²) in [4.78, 5) is 23.0. The van der Waals surface area contributed by atoms with Crippen LogP contribution in [0.25, 0.3) is 0 Å². The molecule has 3 aromatic heterocycles. The van der Waals surface area contributed by atoms with Gasteiger partial charge in [-0.1, -0.05) is 0 Å². The number of hydrogen-bond acceptors (Lipinski definition) is 7. The van der Waals surface area contributed by atoms with Crippen LogP contribution in [0.15, 0.2) is 37.2 Å². The Morgan fingerprint density at radius 2 is 0.824 bits per heavy atom. The molecule has 3 heterocycles. The van der Waals surface area contributed by atoms with Gasteiger partial charge in [-0.15, -0.1) is 0 Å². The van der Waals surface area contributed by atoms with Gasteiger partial charge in [-0.3, -0.25) is 19.6 Å². The third kappa shape index (κ3) is 8.05. The van der Waals surface area contributed by atoms with E-state index in [1.165, 1.54) is 0 Å². The van der Waals surface area contributed by atoms with Gasteiger partial charge >= 0.3 is 0 Å². The molecule has 0 bridgehead atoms. The molecule has 0 N–H and O–H groups in total. The molecule has 0 aliphatic carbocycles. The summed E-state index contributed by atoms with van der Waals surface area (Å²) < 4.78 is 6.27. The van der Waals surface area contributed by atoms with Crippen molar-refractivity contribution < 1.29 is 0 Å². The average Bonchev–Trinajstić information content (AvgIpc) is 3.51. The lowest BCUT2D eigenvalue weighted by molar-refractivity contribution is 0.171. The molecular formula is C24H42N10. The summed E-state index contributed by atoms with van der Waals surface area (Å²) in [7, 11) is 12.7. The highest BCUT2D eigenvalue weighted by atomic mass is 15.2. The van der Waals surface area contributed by atoms with Crippen LogP contribution in [0.3, 0.4) is 0 Å². The van der Waals surface area contributed by atoms with Gasteiger partial charge in [-0.05, 0) is 21.1 Å². The van der Waals surface area contributed by atoms with Crippen LogP contribution in [-0.2, 0) is 40.8 Å². The largest absolute Gasteiger partial charge is 0.337 e.